The molecule has 0 saturated carbocycles. The number of aromatic nitrogens is 5. The van der Waals surface area contributed by atoms with Crippen LogP contribution in [-0.2, 0) is 0 Å². The Morgan fingerprint density at radius 1 is 1.19 bits per heavy atom. The van der Waals surface area contributed by atoms with Gasteiger partial charge in [0.15, 0.2) is 5.82 Å². The third-order valence-corrected chi connectivity index (χ3v) is 6.83. The number of benzene rings is 1. The molecule has 11 heteroatoms. The monoisotopic (exact) mass is 522 g/mol. The molecule has 4 aromatic rings. The van der Waals surface area contributed by atoms with Gasteiger partial charge in [-0.3, -0.25) is 10.1 Å². The molecule has 1 atom stereocenters. The Morgan fingerprint density at radius 3 is 2.67 bits per heavy atom. The second-order valence-electron chi connectivity index (χ2n) is 9.08. The van der Waals surface area contributed by atoms with Crippen LogP contribution in [0.5, 0.6) is 5.75 Å². The minimum absolute atomic E-state index is 0.0200. The van der Waals surface area contributed by atoms with Crippen molar-refractivity contribution in [1.82, 2.24) is 30.7 Å². The second-order valence-corrected chi connectivity index (χ2v) is 9.90. The maximum Gasteiger partial charge on any atom is 0.151 e. The molecule has 0 bridgehead atoms. The Kier molecular flexibility index (Phi) is 6.67. The first kappa shape index (κ1) is 24.3. The van der Waals surface area contributed by atoms with Gasteiger partial charge in [0.2, 0.25) is 0 Å². The topological polar surface area (TPSA) is 116 Å². The highest BCUT2D eigenvalue weighted by molar-refractivity contribution is 6.35. The number of fused-ring (bicyclic) bond motifs is 1. The number of hydrogen-bond acceptors (Lipinski definition) is 8. The normalized spacial score (nSPS) is 15.4. The summed E-state index contributed by atoms with van der Waals surface area (Å²) in [6.45, 7) is 6.34. The van der Waals surface area contributed by atoms with Gasteiger partial charge in [0.25, 0.3) is 0 Å². The van der Waals surface area contributed by atoms with Gasteiger partial charge in [-0.1, -0.05) is 23.2 Å². The minimum atomic E-state index is -0.378. The van der Waals surface area contributed by atoms with Gasteiger partial charge in [-0.15, -0.1) is 10.2 Å². The van der Waals surface area contributed by atoms with E-state index in [1.807, 2.05) is 37.3 Å². The molecular formula is C25H24Cl2N8O. The maximum absolute atomic E-state index is 8.73. The van der Waals surface area contributed by atoms with E-state index in [0.717, 1.165) is 29.8 Å². The van der Waals surface area contributed by atoms with Crippen LogP contribution in [0.3, 0.4) is 0 Å². The summed E-state index contributed by atoms with van der Waals surface area (Å²) in [5.74, 6) is 1.46. The molecule has 0 aliphatic carbocycles. The fourth-order valence-corrected chi connectivity index (χ4v) is 5.12. The number of nitrogens with zero attached hydrogens (tertiary/aromatic N) is 6. The minimum Gasteiger partial charge on any atom is -0.486 e. The summed E-state index contributed by atoms with van der Waals surface area (Å²) < 4.78 is 6.15. The number of aromatic amines is 1. The molecule has 3 aromatic heterocycles. The summed E-state index contributed by atoms with van der Waals surface area (Å²) in [7, 11) is 0. The first-order chi connectivity index (χ1) is 17.4. The van der Waals surface area contributed by atoms with Gasteiger partial charge in [0.05, 0.1) is 27.2 Å². The van der Waals surface area contributed by atoms with Crippen molar-refractivity contribution in [2.75, 3.05) is 24.5 Å². The quantitative estimate of drug-likeness (QED) is 0.312. The summed E-state index contributed by atoms with van der Waals surface area (Å²) in [4.78, 5) is 6.15. The smallest absolute Gasteiger partial charge is 0.151 e. The van der Waals surface area contributed by atoms with Crippen LogP contribution >= 0.6 is 23.2 Å². The summed E-state index contributed by atoms with van der Waals surface area (Å²) in [6.07, 6.45) is 3.22. The first-order valence-electron chi connectivity index (χ1n) is 11.5. The van der Waals surface area contributed by atoms with Crippen LogP contribution in [-0.4, -0.2) is 50.6 Å². The number of hydrogen-bond donors (Lipinski definition) is 2. The van der Waals surface area contributed by atoms with E-state index in [4.69, 9.17) is 33.2 Å². The van der Waals surface area contributed by atoms with Crippen molar-refractivity contribution >= 4 is 39.9 Å². The molecule has 9 nitrogen and oxygen atoms in total. The van der Waals surface area contributed by atoms with E-state index < -0.39 is 0 Å². The van der Waals surface area contributed by atoms with Crippen LogP contribution < -0.4 is 15.0 Å². The molecule has 184 valence electrons. The van der Waals surface area contributed by atoms with Gasteiger partial charge in [0.1, 0.15) is 23.2 Å². The van der Waals surface area contributed by atoms with Gasteiger partial charge < -0.3 is 15.0 Å². The Bertz CT molecular complexity index is 1410. The molecule has 36 heavy (non-hydrogen) atoms. The fraction of sp³-hybridized carbons (Fsp3) is 0.320. The standard InChI is InChI=1S/C25H24Cl2N8O/c1-15(23-18(26)11-29-12-19(23)27)36-16-4-5-20-17(10-16)24(34-31-20)21-6-7-22(33-32-21)35-13-25(2,14-35)30-9-3-8-28/h4-7,10-12,15,30H,3,9,13-14H2,1-2H3,(H,31,34)/t15-/m1/s1. The van der Waals surface area contributed by atoms with Crippen molar-refractivity contribution in [3.8, 4) is 23.2 Å². The molecule has 0 unspecified atom stereocenters. The molecule has 0 spiro atoms. The average molecular weight is 523 g/mol. The number of H-pyrrole nitrogens is 1. The predicted octanol–water partition coefficient (Wildman–Crippen LogP) is 4.94. The highest BCUT2D eigenvalue weighted by Crippen LogP contribution is 2.35. The third kappa shape index (κ3) is 4.80. The van der Waals surface area contributed by atoms with Gasteiger partial charge >= 0.3 is 0 Å². The molecule has 1 aliphatic heterocycles. The summed E-state index contributed by atoms with van der Waals surface area (Å²) in [6, 6.07) is 11.7. The molecule has 1 aliphatic rings. The predicted molar refractivity (Wildman–Crippen MR) is 139 cm³/mol. The maximum atomic E-state index is 8.73. The van der Waals surface area contributed by atoms with Crippen LogP contribution in [0, 0.1) is 11.3 Å². The first-order valence-corrected chi connectivity index (χ1v) is 12.3. The molecule has 2 N–H and O–H groups in total. The van der Waals surface area contributed by atoms with Crippen LogP contribution in [0.4, 0.5) is 5.82 Å². The van der Waals surface area contributed by atoms with Gasteiger partial charge in [-0.2, -0.15) is 10.4 Å². The largest absolute Gasteiger partial charge is 0.486 e. The molecule has 4 heterocycles. The summed E-state index contributed by atoms with van der Waals surface area (Å²) in [5.41, 5.74) is 2.87. The summed E-state index contributed by atoms with van der Waals surface area (Å²) in [5, 5.41) is 30.3. The van der Waals surface area contributed by atoms with Crippen molar-refractivity contribution < 1.29 is 4.74 Å². The summed E-state index contributed by atoms with van der Waals surface area (Å²) >= 11 is 12.6. The molecule has 0 radical (unpaired) electrons. The van der Waals surface area contributed by atoms with Crippen LogP contribution in [0.25, 0.3) is 22.3 Å². The zero-order valence-corrected chi connectivity index (χ0v) is 21.3. The van der Waals surface area contributed by atoms with E-state index in [9.17, 15) is 0 Å². The number of rotatable bonds is 8. The van der Waals surface area contributed by atoms with E-state index in [0.29, 0.717) is 45.7 Å². The number of nitriles is 1. The second kappa shape index (κ2) is 9.90. The molecule has 1 aromatic carbocycles. The SMILES string of the molecule is C[C@@H](Oc1ccc2[nH]nc(-c3ccc(N4CC(C)(NCCC#N)C4)nn3)c2c1)c1c(Cl)cncc1Cl. The number of pyridine rings is 1. The van der Waals surface area contributed by atoms with Gasteiger partial charge in [-0.25, -0.2) is 0 Å². The molecule has 5 rings (SSSR count). The van der Waals surface area contributed by atoms with Crippen molar-refractivity contribution in [3.63, 3.8) is 0 Å². The number of anilines is 1. The lowest BCUT2D eigenvalue weighted by molar-refractivity contribution is 0.227. The highest BCUT2D eigenvalue weighted by atomic mass is 35.5. The van der Waals surface area contributed by atoms with Crippen molar-refractivity contribution in [1.29, 1.82) is 5.26 Å². The lowest BCUT2D eigenvalue weighted by Crippen LogP contribution is -2.68. The van der Waals surface area contributed by atoms with Crippen LogP contribution in [0.1, 0.15) is 31.9 Å². The average Bonchev–Trinajstić information content (AvgIpc) is 3.26. The number of nitrogens with one attached hydrogen (secondary N) is 2. The number of ether oxygens (including phenoxy) is 1. The third-order valence-electron chi connectivity index (χ3n) is 6.23. The lowest BCUT2D eigenvalue weighted by Gasteiger charge is -2.49. The van der Waals surface area contributed by atoms with E-state index in [-0.39, 0.29) is 11.6 Å². The van der Waals surface area contributed by atoms with E-state index in [2.05, 4.69) is 48.6 Å². The van der Waals surface area contributed by atoms with Crippen molar-refractivity contribution in [2.24, 2.45) is 0 Å². The van der Waals surface area contributed by atoms with Crippen molar-refractivity contribution in [2.45, 2.75) is 31.9 Å². The van der Waals surface area contributed by atoms with Gasteiger partial charge in [0, 0.05) is 49.4 Å². The molecule has 1 fully saturated rings. The Morgan fingerprint density at radius 2 is 1.97 bits per heavy atom. The lowest BCUT2D eigenvalue weighted by atomic mass is 9.92. The molecule has 0 amide bonds. The van der Waals surface area contributed by atoms with E-state index in [1.54, 1.807) is 12.4 Å². The van der Waals surface area contributed by atoms with E-state index in [1.165, 1.54) is 0 Å². The van der Waals surface area contributed by atoms with E-state index >= 15 is 0 Å². The molecular weight excluding hydrogens is 499 g/mol. The highest BCUT2D eigenvalue weighted by Gasteiger charge is 2.39. The zero-order valence-electron chi connectivity index (χ0n) is 19.8. The molecule has 1 saturated heterocycles. The Hall–Kier alpha value is -3.45. The Balaban J connectivity index is 1.32. The zero-order chi connectivity index (χ0) is 25.3. The van der Waals surface area contributed by atoms with Crippen LogP contribution in [0.15, 0.2) is 42.7 Å². The van der Waals surface area contributed by atoms with Crippen molar-refractivity contribution in [3.05, 3.63) is 58.3 Å². The number of halogens is 2. The fourth-order valence-electron chi connectivity index (χ4n) is 4.44. The van der Waals surface area contributed by atoms with Crippen LogP contribution in [0.2, 0.25) is 10.0 Å². The Labute approximate surface area is 218 Å². The van der Waals surface area contributed by atoms with Gasteiger partial charge in [-0.05, 0) is 44.2 Å².